The van der Waals surface area contributed by atoms with Gasteiger partial charge in [-0.25, -0.2) is 0 Å². The van der Waals surface area contributed by atoms with Gasteiger partial charge in [0.1, 0.15) is 0 Å². The maximum absolute atomic E-state index is 9.46. The summed E-state index contributed by atoms with van der Waals surface area (Å²) in [7, 11) is 0. The summed E-state index contributed by atoms with van der Waals surface area (Å²) in [5.74, 6) is 0. The molecule has 1 aromatic rings. The Morgan fingerprint density at radius 2 is 1.56 bits per heavy atom. The molecule has 1 aliphatic rings. The van der Waals surface area contributed by atoms with Crippen LogP contribution in [-0.4, -0.2) is 18.2 Å². The molecule has 0 radical (unpaired) electrons. The standard InChI is InChI=1S/C14H21NO/c1-12(16)13-6-8-14(9-7-13)15-10-4-2-3-5-11-15/h6-9,12,16H,2-5,10-11H2,1H3/t12-/m1/s1. The third kappa shape index (κ3) is 2.76. The van der Waals surface area contributed by atoms with Crippen molar-refractivity contribution in [2.24, 2.45) is 0 Å². The maximum Gasteiger partial charge on any atom is 0.0761 e. The number of anilines is 1. The van der Waals surface area contributed by atoms with Crippen LogP contribution in [-0.2, 0) is 0 Å². The van der Waals surface area contributed by atoms with Crippen molar-refractivity contribution in [1.29, 1.82) is 0 Å². The lowest BCUT2D eigenvalue weighted by Gasteiger charge is -2.23. The van der Waals surface area contributed by atoms with Crippen LogP contribution in [0.25, 0.3) is 0 Å². The zero-order valence-electron chi connectivity index (χ0n) is 10.0. The van der Waals surface area contributed by atoms with E-state index in [1.807, 2.05) is 12.1 Å². The summed E-state index contributed by atoms with van der Waals surface area (Å²) < 4.78 is 0. The summed E-state index contributed by atoms with van der Waals surface area (Å²) in [6, 6.07) is 8.33. The number of aliphatic hydroxyl groups excluding tert-OH is 1. The highest BCUT2D eigenvalue weighted by Gasteiger charge is 2.10. The van der Waals surface area contributed by atoms with Crippen molar-refractivity contribution in [3.8, 4) is 0 Å². The molecule has 0 saturated carbocycles. The van der Waals surface area contributed by atoms with Gasteiger partial charge in [-0.1, -0.05) is 25.0 Å². The fourth-order valence-corrected chi connectivity index (χ4v) is 2.29. The Balaban J connectivity index is 2.07. The molecule has 0 amide bonds. The molecule has 1 atom stereocenters. The zero-order valence-corrected chi connectivity index (χ0v) is 10.0. The van der Waals surface area contributed by atoms with Gasteiger partial charge in [-0.2, -0.15) is 0 Å². The molecule has 1 N–H and O–H groups in total. The van der Waals surface area contributed by atoms with Gasteiger partial charge in [-0.05, 0) is 37.5 Å². The molecule has 0 spiro atoms. The van der Waals surface area contributed by atoms with Gasteiger partial charge in [-0.3, -0.25) is 0 Å². The Morgan fingerprint density at radius 1 is 1.00 bits per heavy atom. The van der Waals surface area contributed by atoms with Gasteiger partial charge in [0, 0.05) is 18.8 Å². The lowest BCUT2D eigenvalue weighted by Crippen LogP contribution is -2.23. The number of aliphatic hydroxyl groups is 1. The Hall–Kier alpha value is -1.02. The van der Waals surface area contributed by atoms with E-state index in [1.54, 1.807) is 6.92 Å². The highest BCUT2D eigenvalue weighted by atomic mass is 16.3. The fourth-order valence-electron chi connectivity index (χ4n) is 2.29. The first-order chi connectivity index (χ1) is 7.77. The third-order valence-electron chi connectivity index (χ3n) is 3.35. The monoisotopic (exact) mass is 219 g/mol. The van der Waals surface area contributed by atoms with E-state index in [0.717, 1.165) is 5.56 Å². The lowest BCUT2D eigenvalue weighted by molar-refractivity contribution is 0.199. The Labute approximate surface area is 97.9 Å². The fraction of sp³-hybridized carbons (Fsp3) is 0.571. The number of hydrogen-bond acceptors (Lipinski definition) is 2. The van der Waals surface area contributed by atoms with E-state index in [4.69, 9.17) is 0 Å². The van der Waals surface area contributed by atoms with Crippen LogP contribution in [0.1, 0.15) is 44.3 Å². The average molecular weight is 219 g/mol. The zero-order chi connectivity index (χ0) is 11.4. The van der Waals surface area contributed by atoms with Crippen molar-refractivity contribution in [2.75, 3.05) is 18.0 Å². The molecule has 88 valence electrons. The van der Waals surface area contributed by atoms with Crippen molar-refractivity contribution in [3.05, 3.63) is 29.8 Å². The average Bonchev–Trinajstić information content (AvgIpc) is 2.57. The molecular weight excluding hydrogens is 198 g/mol. The van der Waals surface area contributed by atoms with E-state index in [-0.39, 0.29) is 6.10 Å². The van der Waals surface area contributed by atoms with E-state index in [0.29, 0.717) is 0 Å². The highest BCUT2D eigenvalue weighted by molar-refractivity contribution is 5.47. The van der Waals surface area contributed by atoms with Gasteiger partial charge in [0.15, 0.2) is 0 Å². The number of rotatable bonds is 2. The van der Waals surface area contributed by atoms with Crippen LogP contribution in [0.4, 0.5) is 5.69 Å². The molecule has 2 rings (SSSR count). The van der Waals surface area contributed by atoms with Crippen LogP contribution < -0.4 is 4.90 Å². The van der Waals surface area contributed by atoms with Crippen LogP contribution in [0.15, 0.2) is 24.3 Å². The van der Waals surface area contributed by atoms with Gasteiger partial charge >= 0.3 is 0 Å². The highest BCUT2D eigenvalue weighted by Crippen LogP contribution is 2.21. The van der Waals surface area contributed by atoms with Crippen molar-refractivity contribution in [1.82, 2.24) is 0 Å². The molecule has 0 bridgehead atoms. The summed E-state index contributed by atoms with van der Waals surface area (Å²) >= 11 is 0. The SMILES string of the molecule is C[C@@H](O)c1ccc(N2CCCCCC2)cc1. The van der Waals surface area contributed by atoms with Crippen LogP contribution in [0.3, 0.4) is 0 Å². The Kier molecular flexibility index (Phi) is 3.83. The van der Waals surface area contributed by atoms with Crippen molar-refractivity contribution in [3.63, 3.8) is 0 Å². The number of benzene rings is 1. The first-order valence-electron chi connectivity index (χ1n) is 6.30. The molecule has 2 nitrogen and oxygen atoms in total. The van der Waals surface area contributed by atoms with E-state index in [9.17, 15) is 5.11 Å². The molecule has 0 aliphatic carbocycles. The molecular formula is C14H21NO. The summed E-state index contributed by atoms with van der Waals surface area (Å²) in [5.41, 5.74) is 2.30. The first-order valence-corrected chi connectivity index (χ1v) is 6.30. The smallest absolute Gasteiger partial charge is 0.0761 e. The van der Waals surface area contributed by atoms with Crippen molar-refractivity contribution in [2.45, 2.75) is 38.7 Å². The molecule has 0 aromatic heterocycles. The molecule has 1 aromatic carbocycles. The number of nitrogens with zero attached hydrogens (tertiary/aromatic N) is 1. The molecule has 1 fully saturated rings. The van der Waals surface area contributed by atoms with Gasteiger partial charge in [0.05, 0.1) is 6.10 Å². The third-order valence-corrected chi connectivity index (χ3v) is 3.35. The molecule has 1 aliphatic heterocycles. The second-order valence-corrected chi connectivity index (χ2v) is 4.67. The minimum absolute atomic E-state index is 0.363. The minimum atomic E-state index is -0.363. The molecule has 1 heterocycles. The van der Waals surface area contributed by atoms with Crippen molar-refractivity contribution < 1.29 is 5.11 Å². The minimum Gasteiger partial charge on any atom is -0.389 e. The van der Waals surface area contributed by atoms with Crippen LogP contribution >= 0.6 is 0 Å². The maximum atomic E-state index is 9.46. The van der Waals surface area contributed by atoms with E-state index in [1.165, 1.54) is 44.5 Å². The predicted octanol–water partition coefficient (Wildman–Crippen LogP) is 3.12. The van der Waals surface area contributed by atoms with Gasteiger partial charge in [-0.15, -0.1) is 0 Å². The Morgan fingerprint density at radius 3 is 2.06 bits per heavy atom. The first kappa shape index (κ1) is 11.5. The van der Waals surface area contributed by atoms with Gasteiger partial charge < -0.3 is 10.0 Å². The Bertz CT molecular complexity index is 310. The topological polar surface area (TPSA) is 23.5 Å². The van der Waals surface area contributed by atoms with E-state index in [2.05, 4.69) is 17.0 Å². The molecule has 16 heavy (non-hydrogen) atoms. The van der Waals surface area contributed by atoms with Gasteiger partial charge in [0.2, 0.25) is 0 Å². The van der Waals surface area contributed by atoms with Crippen LogP contribution in [0.2, 0.25) is 0 Å². The summed E-state index contributed by atoms with van der Waals surface area (Å²) in [4.78, 5) is 2.46. The second-order valence-electron chi connectivity index (χ2n) is 4.67. The van der Waals surface area contributed by atoms with Crippen LogP contribution in [0, 0.1) is 0 Å². The van der Waals surface area contributed by atoms with Crippen LogP contribution in [0.5, 0.6) is 0 Å². The molecule has 1 saturated heterocycles. The summed E-state index contributed by atoms with van der Waals surface area (Å²) in [6.07, 6.45) is 4.97. The normalized spacial score (nSPS) is 19.2. The van der Waals surface area contributed by atoms with E-state index >= 15 is 0 Å². The molecule has 2 heteroatoms. The largest absolute Gasteiger partial charge is 0.389 e. The predicted molar refractivity (Wildman–Crippen MR) is 67.8 cm³/mol. The lowest BCUT2D eigenvalue weighted by atomic mass is 10.1. The summed E-state index contributed by atoms with van der Waals surface area (Å²) in [6.45, 7) is 4.16. The summed E-state index contributed by atoms with van der Waals surface area (Å²) in [5, 5.41) is 9.46. The quantitative estimate of drug-likeness (QED) is 0.826. The van der Waals surface area contributed by atoms with E-state index < -0.39 is 0 Å². The van der Waals surface area contributed by atoms with Crippen molar-refractivity contribution >= 4 is 5.69 Å². The number of hydrogen-bond donors (Lipinski definition) is 1. The molecule has 0 unspecified atom stereocenters. The second kappa shape index (κ2) is 5.35. The van der Waals surface area contributed by atoms with Gasteiger partial charge in [0.25, 0.3) is 0 Å².